The van der Waals surface area contributed by atoms with Crippen molar-refractivity contribution in [3.8, 4) is 11.4 Å². The molecule has 1 heterocycles. The number of benzene rings is 2. The Labute approximate surface area is 205 Å². The van der Waals surface area contributed by atoms with Gasteiger partial charge in [-0.3, -0.25) is 20.4 Å². The van der Waals surface area contributed by atoms with Crippen LogP contribution in [0.25, 0.3) is 11.4 Å². The van der Waals surface area contributed by atoms with Crippen LogP contribution >= 0.6 is 11.8 Å². The molecule has 0 saturated carbocycles. The molecule has 0 aliphatic carbocycles. The van der Waals surface area contributed by atoms with Gasteiger partial charge in [-0.05, 0) is 57.5 Å². The fourth-order valence-corrected chi connectivity index (χ4v) is 4.36. The number of anilines is 1. The van der Waals surface area contributed by atoms with E-state index in [0.29, 0.717) is 10.7 Å². The number of thioether (sulfide) groups is 1. The number of amides is 2. The molecule has 0 bridgehead atoms. The van der Waals surface area contributed by atoms with Crippen LogP contribution in [0.2, 0.25) is 0 Å². The van der Waals surface area contributed by atoms with Gasteiger partial charge in [0.25, 0.3) is 5.91 Å². The zero-order chi connectivity index (χ0) is 24.5. The summed E-state index contributed by atoms with van der Waals surface area (Å²) in [5, 5.41) is 9.33. The first kappa shape index (κ1) is 25.3. The lowest BCUT2D eigenvalue weighted by Gasteiger charge is -2.21. The van der Waals surface area contributed by atoms with Gasteiger partial charge in [0.15, 0.2) is 11.0 Å². The number of aryl methyl sites for hydroxylation is 1. The van der Waals surface area contributed by atoms with E-state index in [9.17, 15) is 9.59 Å². The van der Waals surface area contributed by atoms with Gasteiger partial charge in [-0.2, -0.15) is 0 Å². The first-order valence-electron chi connectivity index (χ1n) is 11.5. The number of hydrogen-bond donors (Lipinski definition) is 2. The van der Waals surface area contributed by atoms with Gasteiger partial charge in [0, 0.05) is 36.4 Å². The second-order valence-corrected chi connectivity index (χ2v) is 8.78. The predicted molar refractivity (Wildman–Crippen MR) is 137 cm³/mol. The van der Waals surface area contributed by atoms with Gasteiger partial charge in [0.2, 0.25) is 5.91 Å². The highest BCUT2D eigenvalue weighted by Gasteiger charge is 2.16. The summed E-state index contributed by atoms with van der Waals surface area (Å²) in [5.74, 6) is 0.216. The van der Waals surface area contributed by atoms with E-state index >= 15 is 0 Å². The molecule has 0 aliphatic rings. The van der Waals surface area contributed by atoms with E-state index in [1.165, 1.54) is 11.8 Å². The van der Waals surface area contributed by atoms with Crippen LogP contribution in [-0.4, -0.2) is 45.4 Å². The van der Waals surface area contributed by atoms with Crippen LogP contribution in [0.5, 0.6) is 0 Å². The lowest BCUT2D eigenvalue weighted by atomic mass is 10.1. The quantitative estimate of drug-likeness (QED) is 0.336. The molecule has 3 rings (SSSR count). The van der Waals surface area contributed by atoms with Gasteiger partial charge < -0.3 is 9.47 Å². The van der Waals surface area contributed by atoms with E-state index in [1.807, 2.05) is 41.8 Å². The molecule has 0 aliphatic heterocycles. The Kier molecular flexibility index (Phi) is 9.09. The smallest absolute Gasteiger partial charge is 0.269 e. The first-order valence-corrected chi connectivity index (χ1v) is 12.5. The van der Waals surface area contributed by atoms with E-state index in [2.05, 4.69) is 52.8 Å². The maximum absolute atomic E-state index is 12.4. The highest BCUT2D eigenvalue weighted by atomic mass is 32.2. The average Bonchev–Trinajstić information content (AvgIpc) is 3.25. The molecule has 1 aromatic heterocycles. The summed E-state index contributed by atoms with van der Waals surface area (Å²) in [6.45, 7) is 10.9. The van der Waals surface area contributed by atoms with Crippen LogP contribution < -0.4 is 15.8 Å². The Morgan fingerprint density at radius 1 is 1.00 bits per heavy atom. The summed E-state index contributed by atoms with van der Waals surface area (Å²) in [6.07, 6.45) is 0.916. The second-order valence-electron chi connectivity index (χ2n) is 7.84. The Bertz CT molecular complexity index is 1110. The third-order valence-electron chi connectivity index (χ3n) is 5.35. The molecule has 0 spiro atoms. The van der Waals surface area contributed by atoms with Crippen LogP contribution in [0.1, 0.15) is 43.1 Å². The van der Waals surface area contributed by atoms with Crippen molar-refractivity contribution >= 4 is 29.3 Å². The molecule has 0 saturated heterocycles. The third kappa shape index (κ3) is 6.38. The number of nitrogens with one attached hydrogen (secondary N) is 2. The Morgan fingerprint density at radius 3 is 2.38 bits per heavy atom. The summed E-state index contributed by atoms with van der Waals surface area (Å²) in [5.41, 5.74) is 8.65. The SMILES string of the molecule is CCCn1c(SCC(=O)NNC(=O)c2ccc(N(CC)CC)cc2)nnc1-c1cccc(C)c1. The molecule has 2 N–H and O–H groups in total. The summed E-state index contributed by atoms with van der Waals surface area (Å²) >= 11 is 1.29. The minimum Gasteiger partial charge on any atom is -0.372 e. The third-order valence-corrected chi connectivity index (χ3v) is 6.31. The van der Waals surface area contributed by atoms with E-state index in [1.54, 1.807) is 12.1 Å². The number of carbonyl (C=O) groups is 2. The molecule has 34 heavy (non-hydrogen) atoms. The number of hydrogen-bond acceptors (Lipinski definition) is 6. The summed E-state index contributed by atoms with van der Waals surface area (Å²) < 4.78 is 2.03. The maximum atomic E-state index is 12.4. The number of aromatic nitrogens is 3. The molecule has 2 amide bonds. The van der Waals surface area contributed by atoms with Crippen LogP contribution in [0.4, 0.5) is 5.69 Å². The van der Waals surface area contributed by atoms with Crippen molar-refractivity contribution < 1.29 is 9.59 Å². The molecule has 9 heteroatoms. The number of hydrazine groups is 1. The predicted octanol–water partition coefficient (Wildman–Crippen LogP) is 4.06. The zero-order valence-corrected chi connectivity index (χ0v) is 21.0. The minimum absolute atomic E-state index is 0.108. The summed E-state index contributed by atoms with van der Waals surface area (Å²) in [7, 11) is 0. The van der Waals surface area contributed by atoms with Gasteiger partial charge in [-0.1, -0.05) is 42.4 Å². The first-order chi connectivity index (χ1) is 16.5. The average molecular weight is 481 g/mol. The van der Waals surface area contributed by atoms with Gasteiger partial charge in [-0.15, -0.1) is 10.2 Å². The Morgan fingerprint density at radius 2 is 1.74 bits per heavy atom. The molecule has 0 unspecified atom stereocenters. The summed E-state index contributed by atoms with van der Waals surface area (Å²) in [4.78, 5) is 26.9. The van der Waals surface area contributed by atoms with Crippen LogP contribution in [0, 0.1) is 6.92 Å². The topological polar surface area (TPSA) is 92.2 Å². The number of carbonyl (C=O) groups excluding carboxylic acids is 2. The molecule has 8 nitrogen and oxygen atoms in total. The van der Waals surface area contributed by atoms with Crippen LogP contribution in [-0.2, 0) is 11.3 Å². The molecule has 0 atom stereocenters. The lowest BCUT2D eigenvalue weighted by molar-refractivity contribution is -0.119. The van der Waals surface area contributed by atoms with Crippen molar-refractivity contribution in [2.24, 2.45) is 0 Å². The van der Waals surface area contributed by atoms with Crippen LogP contribution in [0.15, 0.2) is 53.7 Å². The molecular formula is C25H32N6O2S. The lowest BCUT2D eigenvalue weighted by Crippen LogP contribution is -2.42. The molecule has 0 fully saturated rings. The van der Waals surface area contributed by atoms with E-state index in [0.717, 1.165) is 48.7 Å². The molecular weight excluding hydrogens is 448 g/mol. The highest BCUT2D eigenvalue weighted by molar-refractivity contribution is 7.99. The van der Waals surface area contributed by atoms with Gasteiger partial charge in [0.1, 0.15) is 0 Å². The molecule has 180 valence electrons. The second kappa shape index (κ2) is 12.2. The largest absolute Gasteiger partial charge is 0.372 e. The zero-order valence-electron chi connectivity index (χ0n) is 20.2. The van der Waals surface area contributed by atoms with Crippen molar-refractivity contribution in [2.75, 3.05) is 23.7 Å². The minimum atomic E-state index is -0.361. The maximum Gasteiger partial charge on any atom is 0.269 e. The number of rotatable bonds is 10. The van der Waals surface area contributed by atoms with Crippen molar-refractivity contribution in [2.45, 2.75) is 45.8 Å². The Hall–Kier alpha value is -3.33. The van der Waals surface area contributed by atoms with Crippen LogP contribution in [0.3, 0.4) is 0 Å². The van der Waals surface area contributed by atoms with Gasteiger partial charge >= 0.3 is 0 Å². The molecule has 3 aromatic rings. The van der Waals surface area contributed by atoms with E-state index in [-0.39, 0.29) is 17.6 Å². The molecule has 0 radical (unpaired) electrons. The van der Waals surface area contributed by atoms with Gasteiger partial charge in [-0.25, -0.2) is 0 Å². The monoisotopic (exact) mass is 480 g/mol. The fraction of sp³-hybridized carbons (Fsp3) is 0.360. The normalized spacial score (nSPS) is 10.7. The molecule has 2 aromatic carbocycles. The van der Waals surface area contributed by atoms with E-state index < -0.39 is 0 Å². The fourth-order valence-electron chi connectivity index (χ4n) is 3.60. The van der Waals surface area contributed by atoms with Crippen molar-refractivity contribution in [1.82, 2.24) is 25.6 Å². The van der Waals surface area contributed by atoms with Crippen molar-refractivity contribution in [3.05, 3.63) is 59.7 Å². The van der Waals surface area contributed by atoms with Gasteiger partial charge in [0.05, 0.1) is 5.75 Å². The highest BCUT2D eigenvalue weighted by Crippen LogP contribution is 2.25. The summed E-state index contributed by atoms with van der Waals surface area (Å²) in [6, 6.07) is 15.4. The number of nitrogens with zero attached hydrogens (tertiary/aromatic N) is 4. The Balaban J connectivity index is 1.56. The van der Waals surface area contributed by atoms with Crippen molar-refractivity contribution in [3.63, 3.8) is 0 Å². The van der Waals surface area contributed by atoms with Crippen molar-refractivity contribution in [1.29, 1.82) is 0 Å². The standard InChI is InChI=1S/C25H32N6O2S/c1-5-15-31-23(20-10-8-9-18(4)16-20)27-29-25(31)34-17-22(32)26-28-24(33)19-11-13-21(14-12-19)30(6-2)7-3/h8-14,16H,5-7,15,17H2,1-4H3,(H,26,32)(H,28,33). The van der Waals surface area contributed by atoms with E-state index in [4.69, 9.17) is 0 Å².